The summed E-state index contributed by atoms with van der Waals surface area (Å²) in [6.07, 6.45) is 0. The molecule has 0 saturated heterocycles. The summed E-state index contributed by atoms with van der Waals surface area (Å²) < 4.78 is 40.3. The molecule has 0 aliphatic carbocycles. The first kappa shape index (κ1) is 16.2. The van der Waals surface area contributed by atoms with E-state index in [9.17, 15) is 8.78 Å². The second kappa shape index (κ2) is 6.32. The molecule has 0 spiro atoms. The minimum atomic E-state index is -3.12. The molecule has 0 bridgehead atoms. The van der Waals surface area contributed by atoms with Gasteiger partial charge in [0.25, 0.3) is 5.92 Å². The molecule has 0 aliphatic rings. The standard InChI is InChI=1S/C15H12Br2F2O2/c1-20-13-5-3-9(7-11(13)16)15(18,19)10-4-6-14(21-2)12(17)8-10/h3-8H,1-2H3. The fourth-order valence-electron chi connectivity index (χ4n) is 1.89. The van der Waals surface area contributed by atoms with Crippen LogP contribution in [0.2, 0.25) is 0 Å². The average Bonchev–Trinajstić information content (AvgIpc) is 2.47. The molecule has 0 aliphatic heterocycles. The molecule has 2 aromatic rings. The van der Waals surface area contributed by atoms with E-state index in [2.05, 4.69) is 31.9 Å². The fourth-order valence-corrected chi connectivity index (χ4v) is 2.97. The van der Waals surface area contributed by atoms with Crippen LogP contribution in [0.5, 0.6) is 11.5 Å². The van der Waals surface area contributed by atoms with E-state index in [0.29, 0.717) is 20.4 Å². The predicted molar refractivity (Wildman–Crippen MR) is 84.4 cm³/mol. The molecule has 0 radical (unpaired) electrons. The Hall–Kier alpha value is -1.14. The van der Waals surface area contributed by atoms with Crippen molar-refractivity contribution in [2.24, 2.45) is 0 Å². The first-order chi connectivity index (χ1) is 9.90. The third-order valence-corrected chi connectivity index (χ3v) is 4.27. The Balaban J connectivity index is 2.45. The van der Waals surface area contributed by atoms with Gasteiger partial charge in [-0.25, -0.2) is 0 Å². The molecule has 0 aromatic heterocycles. The topological polar surface area (TPSA) is 18.5 Å². The normalized spacial score (nSPS) is 11.3. The van der Waals surface area contributed by atoms with E-state index >= 15 is 0 Å². The Morgan fingerprint density at radius 2 is 1.19 bits per heavy atom. The summed E-state index contributed by atoms with van der Waals surface area (Å²) in [5.41, 5.74) is -0.237. The molecule has 21 heavy (non-hydrogen) atoms. The molecule has 0 unspecified atom stereocenters. The SMILES string of the molecule is COc1ccc(C(F)(F)c2ccc(OC)c(Br)c2)cc1Br. The number of halogens is 4. The summed E-state index contributed by atoms with van der Waals surface area (Å²) in [5, 5.41) is 0. The lowest BCUT2D eigenvalue weighted by atomic mass is 10.0. The molecular weight excluding hydrogens is 410 g/mol. The molecule has 112 valence electrons. The van der Waals surface area contributed by atoms with Crippen LogP contribution in [0, 0.1) is 0 Å². The van der Waals surface area contributed by atoms with Gasteiger partial charge in [0.1, 0.15) is 11.5 Å². The number of ether oxygens (including phenoxy) is 2. The molecule has 0 amide bonds. The van der Waals surface area contributed by atoms with Gasteiger partial charge in [0.15, 0.2) is 0 Å². The van der Waals surface area contributed by atoms with E-state index < -0.39 is 5.92 Å². The molecule has 0 heterocycles. The van der Waals surface area contributed by atoms with Gasteiger partial charge in [0.05, 0.1) is 23.2 Å². The Morgan fingerprint density at radius 1 is 0.810 bits per heavy atom. The number of alkyl halides is 2. The minimum Gasteiger partial charge on any atom is -0.496 e. The lowest BCUT2D eigenvalue weighted by Gasteiger charge is -2.19. The molecule has 0 atom stereocenters. The van der Waals surface area contributed by atoms with Gasteiger partial charge in [0.2, 0.25) is 0 Å². The van der Waals surface area contributed by atoms with Crippen molar-refractivity contribution in [1.82, 2.24) is 0 Å². The monoisotopic (exact) mass is 420 g/mol. The van der Waals surface area contributed by atoms with E-state index in [1.54, 1.807) is 0 Å². The Kier molecular flexibility index (Phi) is 4.88. The van der Waals surface area contributed by atoms with E-state index in [-0.39, 0.29) is 11.1 Å². The molecule has 0 fully saturated rings. The van der Waals surface area contributed by atoms with Crippen LogP contribution in [0.1, 0.15) is 11.1 Å². The summed E-state index contributed by atoms with van der Waals surface area (Å²) in [4.78, 5) is 0. The summed E-state index contributed by atoms with van der Waals surface area (Å²) >= 11 is 6.44. The van der Waals surface area contributed by atoms with Gasteiger partial charge >= 0.3 is 0 Å². The zero-order valence-corrected chi connectivity index (χ0v) is 14.5. The van der Waals surface area contributed by atoms with E-state index in [1.807, 2.05) is 0 Å². The third-order valence-electron chi connectivity index (χ3n) is 3.03. The van der Waals surface area contributed by atoms with Crippen LogP contribution in [-0.4, -0.2) is 14.2 Å². The average molecular weight is 422 g/mol. The van der Waals surface area contributed by atoms with Crippen LogP contribution in [0.25, 0.3) is 0 Å². The summed E-state index contributed by atoms with van der Waals surface area (Å²) in [5.74, 6) is -2.11. The van der Waals surface area contributed by atoms with Gasteiger partial charge < -0.3 is 9.47 Å². The molecule has 2 rings (SSSR count). The second-order valence-corrected chi connectivity index (χ2v) is 5.98. The van der Waals surface area contributed by atoms with Crippen LogP contribution in [0.15, 0.2) is 45.3 Å². The molecule has 0 saturated carbocycles. The van der Waals surface area contributed by atoms with Crippen molar-refractivity contribution in [3.63, 3.8) is 0 Å². The Morgan fingerprint density at radius 3 is 1.48 bits per heavy atom. The lowest BCUT2D eigenvalue weighted by molar-refractivity contribution is 0.0426. The maximum atomic E-state index is 14.6. The van der Waals surface area contributed by atoms with Gasteiger partial charge in [-0.05, 0) is 68.3 Å². The highest BCUT2D eigenvalue weighted by Crippen LogP contribution is 2.40. The largest absolute Gasteiger partial charge is 0.496 e. The van der Waals surface area contributed by atoms with Crippen LogP contribution in [0.3, 0.4) is 0 Å². The van der Waals surface area contributed by atoms with Crippen molar-refractivity contribution in [1.29, 1.82) is 0 Å². The van der Waals surface area contributed by atoms with Gasteiger partial charge in [-0.1, -0.05) is 0 Å². The Labute approximate surface area is 138 Å². The highest BCUT2D eigenvalue weighted by Gasteiger charge is 2.35. The number of rotatable bonds is 4. The van der Waals surface area contributed by atoms with Crippen molar-refractivity contribution in [2.45, 2.75) is 5.92 Å². The van der Waals surface area contributed by atoms with E-state index in [0.717, 1.165) is 0 Å². The van der Waals surface area contributed by atoms with Crippen LogP contribution in [0.4, 0.5) is 8.78 Å². The van der Waals surface area contributed by atoms with Crippen LogP contribution >= 0.6 is 31.9 Å². The maximum Gasteiger partial charge on any atom is 0.298 e. The van der Waals surface area contributed by atoms with Crippen molar-refractivity contribution >= 4 is 31.9 Å². The quantitative estimate of drug-likeness (QED) is 0.660. The van der Waals surface area contributed by atoms with Crippen molar-refractivity contribution in [3.8, 4) is 11.5 Å². The summed E-state index contributed by atoms with van der Waals surface area (Å²) in [6, 6.07) is 8.43. The van der Waals surface area contributed by atoms with E-state index in [4.69, 9.17) is 9.47 Å². The highest BCUT2D eigenvalue weighted by molar-refractivity contribution is 9.10. The van der Waals surface area contributed by atoms with Crippen LogP contribution < -0.4 is 9.47 Å². The van der Waals surface area contributed by atoms with Crippen molar-refractivity contribution in [2.75, 3.05) is 14.2 Å². The first-order valence-corrected chi connectivity index (χ1v) is 7.54. The highest BCUT2D eigenvalue weighted by atomic mass is 79.9. The van der Waals surface area contributed by atoms with Crippen LogP contribution in [-0.2, 0) is 5.92 Å². The zero-order valence-electron chi connectivity index (χ0n) is 11.3. The molecule has 2 aromatic carbocycles. The zero-order chi connectivity index (χ0) is 15.6. The minimum absolute atomic E-state index is 0.118. The molecule has 0 N–H and O–H groups in total. The number of hydrogen-bond donors (Lipinski definition) is 0. The van der Waals surface area contributed by atoms with Crippen molar-refractivity contribution in [3.05, 3.63) is 56.5 Å². The van der Waals surface area contributed by atoms with Crippen molar-refractivity contribution < 1.29 is 18.3 Å². The summed E-state index contributed by atoms with van der Waals surface area (Å²) in [6.45, 7) is 0. The van der Waals surface area contributed by atoms with Gasteiger partial charge in [0, 0.05) is 11.1 Å². The third kappa shape index (κ3) is 3.21. The van der Waals surface area contributed by atoms with E-state index in [1.165, 1.54) is 50.6 Å². The molecule has 6 heteroatoms. The predicted octanol–water partition coefficient (Wildman–Crippen LogP) is 5.37. The fraction of sp³-hybridized carbons (Fsp3) is 0.200. The number of methoxy groups -OCH3 is 2. The smallest absolute Gasteiger partial charge is 0.298 e. The first-order valence-electron chi connectivity index (χ1n) is 5.96. The number of benzene rings is 2. The summed E-state index contributed by atoms with van der Waals surface area (Å²) in [7, 11) is 2.97. The van der Waals surface area contributed by atoms with Gasteiger partial charge in [-0.3, -0.25) is 0 Å². The van der Waals surface area contributed by atoms with Gasteiger partial charge in [-0.15, -0.1) is 0 Å². The molecule has 2 nitrogen and oxygen atoms in total. The van der Waals surface area contributed by atoms with Gasteiger partial charge in [-0.2, -0.15) is 8.78 Å². The Bertz CT molecular complexity index is 605. The lowest BCUT2D eigenvalue weighted by Crippen LogP contribution is -2.15. The molecular formula is C15H12Br2F2O2. The second-order valence-electron chi connectivity index (χ2n) is 4.27. The number of hydrogen-bond acceptors (Lipinski definition) is 2. The maximum absolute atomic E-state index is 14.6.